The summed E-state index contributed by atoms with van der Waals surface area (Å²) in [5.74, 6) is -0.126. The second kappa shape index (κ2) is 6.07. The standard InChI is InChI=1S/C14H14N2O.ClH/c1-10-4-2-5-11(8-10)14(17)16-13-7-3-6-12(15)9-13;/h2-9H,15H2,1H3,(H,16,17);1H. The molecule has 0 atom stereocenters. The molecule has 0 bridgehead atoms. The van der Waals surface area contributed by atoms with Gasteiger partial charge in [-0.3, -0.25) is 4.79 Å². The van der Waals surface area contributed by atoms with E-state index in [1.54, 1.807) is 24.3 Å². The van der Waals surface area contributed by atoms with Crippen molar-refractivity contribution in [1.82, 2.24) is 0 Å². The summed E-state index contributed by atoms with van der Waals surface area (Å²) < 4.78 is 0. The molecule has 0 unspecified atom stereocenters. The fraction of sp³-hybridized carbons (Fsp3) is 0.0714. The van der Waals surface area contributed by atoms with Gasteiger partial charge in [0.2, 0.25) is 0 Å². The van der Waals surface area contributed by atoms with Gasteiger partial charge in [-0.1, -0.05) is 23.8 Å². The Balaban J connectivity index is 0.00000162. The molecule has 0 heterocycles. The van der Waals surface area contributed by atoms with Crippen molar-refractivity contribution in [3.63, 3.8) is 0 Å². The number of benzene rings is 2. The Hall–Kier alpha value is -2.00. The summed E-state index contributed by atoms with van der Waals surface area (Å²) in [5, 5.41) is 2.81. The Kier molecular flexibility index (Phi) is 4.75. The van der Waals surface area contributed by atoms with Crippen LogP contribution in [0.25, 0.3) is 0 Å². The monoisotopic (exact) mass is 262 g/mol. The summed E-state index contributed by atoms with van der Waals surface area (Å²) in [6.45, 7) is 1.96. The van der Waals surface area contributed by atoms with Crippen LogP contribution in [0, 0.1) is 6.92 Å². The number of hydrogen-bond donors (Lipinski definition) is 2. The van der Waals surface area contributed by atoms with E-state index in [0.717, 1.165) is 5.56 Å². The average Bonchev–Trinajstić information content (AvgIpc) is 2.29. The molecule has 3 N–H and O–H groups in total. The second-order valence-electron chi connectivity index (χ2n) is 3.95. The second-order valence-corrected chi connectivity index (χ2v) is 3.95. The Morgan fingerprint density at radius 3 is 2.50 bits per heavy atom. The lowest BCUT2D eigenvalue weighted by Gasteiger charge is -2.06. The van der Waals surface area contributed by atoms with Crippen LogP contribution in [-0.2, 0) is 0 Å². The highest BCUT2D eigenvalue weighted by atomic mass is 35.5. The minimum absolute atomic E-state index is 0. The number of amides is 1. The van der Waals surface area contributed by atoms with Crippen molar-refractivity contribution in [3.05, 3.63) is 59.7 Å². The molecular weight excluding hydrogens is 248 g/mol. The van der Waals surface area contributed by atoms with Crippen molar-refractivity contribution < 1.29 is 4.79 Å². The molecular formula is C14H15ClN2O. The zero-order valence-corrected chi connectivity index (χ0v) is 10.8. The Bertz CT molecular complexity index is 555. The molecule has 3 nitrogen and oxygen atoms in total. The van der Waals surface area contributed by atoms with Gasteiger partial charge in [0.05, 0.1) is 0 Å². The van der Waals surface area contributed by atoms with Crippen LogP contribution in [0.2, 0.25) is 0 Å². The van der Waals surface area contributed by atoms with Crippen LogP contribution in [0.15, 0.2) is 48.5 Å². The van der Waals surface area contributed by atoms with Crippen LogP contribution < -0.4 is 11.1 Å². The van der Waals surface area contributed by atoms with Gasteiger partial charge in [0.15, 0.2) is 0 Å². The van der Waals surface area contributed by atoms with E-state index in [2.05, 4.69) is 5.32 Å². The molecule has 0 radical (unpaired) electrons. The van der Waals surface area contributed by atoms with Crippen molar-refractivity contribution in [2.24, 2.45) is 0 Å². The largest absolute Gasteiger partial charge is 0.399 e. The van der Waals surface area contributed by atoms with Gasteiger partial charge >= 0.3 is 0 Å². The van der Waals surface area contributed by atoms with Crippen LogP contribution in [0.5, 0.6) is 0 Å². The van der Waals surface area contributed by atoms with E-state index < -0.39 is 0 Å². The first-order valence-corrected chi connectivity index (χ1v) is 5.39. The number of nitrogens with one attached hydrogen (secondary N) is 1. The molecule has 0 saturated carbocycles. The molecule has 4 heteroatoms. The van der Waals surface area contributed by atoms with Gasteiger partial charge in [0.25, 0.3) is 5.91 Å². The van der Waals surface area contributed by atoms with Gasteiger partial charge in [-0.25, -0.2) is 0 Å². The first-order valence-electron chi connectivity index (χ1n) is 5.39. The Morgan fingerprint density at radius 1 is 1.11 bits per heavy atom. The molecule has 18 heavy (non-hydrogen) atoms. The topological polar surface area (TPSA) is 55.1 Å². The summed E-state index contributed by atoms with van der Waals surface area (Å²) in [6.07, 6.45) is 0. The van der Waals surface area contributed by atoms with Crippen molar-refractivity contribution >= 4 is 29.7 Å². The molecule has 0 aliphatic heterocycles. The predicted octanol–water partition coefficient (Wildman–Crippen LogP) is 3.25. The van der Waals surface area contributed by atoms with Crippen LogP contribution >= 0.6 is 12.4 Å². The zero-order chi connectivity index (χ0) is 12.3. The third kappa shape index (κ3) is 3.50. The highest BCUT2D eigenvalue weighted by Gasteiger charge is 2.05. The molecule has 0 aliphatic rings. The molecule has 0 aromatic heterocycles. The van der Waals surface area contributed by atoms with Crippen molar-refractivity contribution in [2.75, 3.05) is 11.1 Å². The van der Waals surface area contributed by atoms with Crippen LogP contribution in [0.3, 0.4) is 0 Å². The summed E-state index contributed by atoms with van der Waals surface area (Å²) in [4.78, 5) is 11.9. The molecule has 2 rings (SSSR count). The Morgan fingerprint density at radius 2 is 1.83 bits per heavy atom. The number of rotatable bonds is 2. The van der Waals surface area contributed by atoms with Crippen LogP contribution in [0.1, 0.15) is 15.9 Å². The van der Waals surface area contributed by atoms with Gasteiger partial charge in [-0.05, 0) is 37.3 Å². The predicted molar refractivity (Wildman–Crippen MR) is 77.2 cm³/mol. The molecule has 0 aliphatic carbocycles. The van der Waals surface area contributed by atoms with Gasteiger partial charge in [0.1, 0.15) is 0 Å². The molecule has 0 spiro atoms. The number of carbonyl (C=O) groups is 1. The van der Waals surface area contributed by atoms with Crippen molar-refractivity contribution in [2.45, 2.75) is 6.92 Å². The zero-order valence-electron chi connectivity index (χ0n) is 10.0. The van der Waals surface area contributed by atoms with E-state index in [-0.39, 0.29) is 18.3 Å². The van der Waals surface area contributed by atoms with Gasteiger partial charge < -0.3 is 11.1 Å². The lowest BCUT2D eigenvalue weighted by molar-refractivity contribution is 0.102. The number of nitrogen functional groups attached to an aromatic ring is 1. The van der Waals surface area contributed by atoms with Gasteiger partial charge in [-0.2, -0.15) is 0 Å². The maximum atomic E-state index is 11.9. The van der Waals surface area contributed by atoms with Crippen molar-refractivity contribution in [1.29, 1.82) is 0 Å². The third-order valence-electron chi connectivity index (χ3n) is 2.42. The lowest BCUT2D eigenvalue weighted by atomic mass is 10.1. The third-order valence-corrected chi connectivity index (χ3v) is 2.42. The molecule has 94 valence electrons. The molecule has 1 amide bonds. The fourth-order valence-electron chi connectivity index (χ4n) is 1.61. The lowest BCUT2D eigenvalue weighted by Crippen LogP contribution is -2.12. The summed E-state index contributed by atoms with van der Waals surface area (Å²) in [7, 11) is 0. The maximum Gasteiger partial charge on any atom is 0.255 e. The highest BCUT2D eigenvalue weighted by Crippen LogP contribution is 2.13. The van der Waals surface area contributed by atoms with E-state index in [1.165, 1.54) is 0 Å². The maximum absolute atomic E-state index is 11.9. The molecule has 0 saturated heterocycles. The van der Waals surface area contributed by atoms with E-state index in [4.69, 9.17) is 5.73 Å². The first-order chi connectivity index (χ1) is 8.15. The fourth-order valence-corrected chi connectivity index (χ4v) is 1.61. The number of anilines is 2. The number of carbonyl (C=O) groups excluding carboxylic acids is 1. The minimum atomic E-state index is -0.126. The van der Waals surface area contributed by atoms with E-state index in [0.29, 0.717) is 16.9 Å². The number of nitrogens with two attached hydrogens (primary N) is 1. The van der Waals surface area contributed by atoms with Gasteiger partial charge in [-0.15, -0.1) is 12.4 Å². The number of hydrogen-bond acceptors (Lipinski definition) is 2. The van der Waals surface area contributed by atoms with E-state index in [1.807, 2.05) is 31.2 Å². The summed E-state index contributed by atoms with van der Waals surface area (Å²) >= 11 is 0. The quantitative estimate of drug-likeness (QED) is 0.817. The molecule has 2 aromatic rings. The SMILES string of the molecule is Cc1cccc(C(=O)Nc2cccc(N)c2)c1.Cl. The minimum Gasteiger partial charge on any atom is -0.399 e. The average molecular weight is 263 g/mol. The van der Waals surface area contributed by atoms with Crippen LogP contribution in [-0.4, -0.2) is 5.91 Å². The van der Waals surface area contributed by atoms with Crippen molar-refractivity contribution in [3.8, 4) is 0 Å². The Labute approximate surface area is 112 Å². The van der Waals surface area contributed by atoms with Crippen LogP contribution in [0.4, 0.5) is 11.4 Å². The first kappa shape index (κ1) is 14.1. The van der Waals surface area contributed by atoms with E-state index in [9.17, 15) is 4.79 Å². The molecule has 2 aromatic carbocycles. The summed E-state index contributed by atoms with van der Waals surface area (Å²) in [6, 6.07) is 14.6. The van der Waals surface area contributed by atoms with Gasteiger partial charge in [0, 0.05) is 16.9 Å². The van der Waals surface area contributed by atoms with E-state index >= 15 is 0 Å². The smallest absolute Gasteiger partial charge is 0.255 e. The number of halogens is 1. The normalized spacial score (nSPS) is 9.39. The number of aryl methyl sites for hydroxylation is 1. The summed E-state index contributed by atoms with van der Waals surface area (Å²) in [5.41, 5.74) is 8.69. The molecule has 0 fully saturated rings. The highest BCUT2D eigenvalue weighted by molar-refractivity contribution is 6.04.